The Morgan fingerprint density at radius 3 is 1.49 bits per heavy atom. The maximum atomic E-state index is 12.9. The third-order valence-electron chi connectivity index (χ3n) is 11.5. The molecule has 0 aromatic rings. The highest BCUT2D eigenvalue weighted by molar-refractivity contribution is 7.80. The van der Waals surface area contributed by atoms with Crippen LogP contribution in [0.3, 0.4) is 0 Å². The smallest absolute Gasteiger partial charge is 0.397 e. The minimum atomic E-state index is -5.07. The molecule has 6 unspecified atom stereocenters. The van der Waals surface area contributed by atoms with Crippen molar-refractivity contribution in [1.82, 2.24) is 0 Å². The van der Waals surface area contributed by atoms with Gasteiger partial charge >= 0.3 is 16.4 Å². The Kier molecular flexibility index (Phi) is 42.3. The maximum absolute atomic E-state index is 12.9. The van der Waals surface area contributed by atoms with E-state index in [-0.39, 0.29) is 19.6 Å². The quantitative estimate of drug-likeness (QED) is 0.0197. The van der Waals surface area contributed by atoms with Crippen molar-refractivity contribution in [1.29, 1.82) is 0 Å². The SMILES string of the molecule is CC/C=C\C/C=C\C/C=C\C/C=C\C/C=C\C/C=C\C/C=C\CCCCCCOCC(COC1OC(CO)C(O)C(OS(=O)(=O)O)C1O)OC(=O)CCCCCCCCCCCCCCCCC. The molecule has 68 heavy (non-hydrogen) atoms. The fourth-order valence-electron chi connectivity index (χ4n) is 7.59. The number of hydrogen-bond donors (Lipinski definition) is 4. The Labute approximate surface area is 413 Å². The fraction of sp³-hybridized carbons (Fsp3) is 0.727. The molecule has 13 heteroatoms. The number of unbranched alkanes of at least 4 members (excludes halogenated alkanes) is 18. The Morgan fingerprint density at radius 1 is 0.574 bits per heavy atom. The van der Waals surface area contributed by atoms with E-state index in [9.17, 15) is 33.1 Å². The van der Waals surface area contributed by atoms with Crippen molar-refractivity contribution in [3.63, 3.8) is 0 Å². The van der Waals surface area contributed by atoms with Gasteiger partial charge in [-0.15, -0.1) is 0 Å². The second-order valence-corrected chi connectivity index (χ2v) is 18.8. The van der Waals surface area contributed by atoms with E-state index in [1.165, 1.54) is 70.6 Å². The largest absolute Gasteiger partial charge is 0.457 e. The molecule has 0 radical (unpaired) electrons. The van der Waals surface area contributed by atoms with Crippen LogP contribution in [0.25, 0.3) is 0 Å². The Morgan fingerprint density at radius 2 is 1.01 bits per heavy atom. The van der Waals surface area contributed by atoms with Gasteiger partial charge in [0.25, 0.3) is 0 Å². The molecule has 0 aromatic carbocycles. The van der Waals surface area contributed by atoms with Gasteiger partial charge in [0.05, 0.1) is 19.8 Å². The summed E-state index contributed by atoms with van der Waals surface area (Å²) in [5, 5.41) is 30.8. The summed E-state index contributed by atoms with van der Waals surface area (Å²) in [6.45, 7) is 3.82. The predicted octanol–water partition coefficient (Wildman–Crippen LogP) is 12.4. The number of hydrogen-bond acceptors (Lipinski definition) is 11. The van der Waals surface area contributed by atoms with E-state index in [1.807, 2.05) is 0 Å². The zero-order chi connectivity index (χ0) is 49.6. The minimum absolute atomic E-state index is 0.0156. The van der Waals surface area contributed by atoms with E-state index in [2.05, 4.69) is 103 Å². The van der Waals surface area contributed by atoms with Gasteiger partial charge < -0.3 is 34.3 Å². The summed E-state index contributed by atoms with van der Waals surface area (Å²) in [6, 6.07) is 0. The van der Waals surface area contributed by atoms with E-state index in [4.69, 9.17) is 18.9 Å². The van der Waals surface area contributed by atoms with Crippen molar-refractivity contribution in [3.05, 3.63) is 85.1 Å². The second kappa shape index (κ2) is 45.4. The Balaban J connectivity index is 2.37. The van der Waals surface area contributed by atoms with Crippen LogP contribution in [0.15, 0.2) is 85.1 Å². The topological polar surface area (TPSA) is 178 Å². The first kappa shape index (κ1) is 63.3. The van der Waals surface area contributed by atoms with Crippen LogP contribution in [-0.2, 0) is 38.3 Å². The van der Waals surface area contributed by atoms with Gasteiger partial charge in [0, 0.05) is 13.0 Å². The van der Waals surface area contributed by atoms with Gasteiger partial charge in [-0.2, -0.15) is 8.42 Å². The van der Waals surface area contributed by atoms with Crippen LogP contribution < -0.4 is 0 Å². The van der Waals surface area contributed by atoms with E-state index >= 15 is 0 Å². The molecule has 0 amide bonds. The highest BCUT2D eigenvalue weighted by Crippen LogP contribution is 2.26. The van der Waals surface area contributed by atoms with E-state index in [1.54, 1.807) is 0 Å². The van der Waals surface area contributed by atoms with Crippen LogP contribution in [-0.4, -0.2) is 97.5 Å². The van der Waals surface area contributed by atoms with Gasteiger partial charge in [-0.05, 0) is 70.6 Å². The maximum Gasteiger partial charge on any atom is 0.397 e. The number of carbonyl (C=O) groups is 1. The molecule has 0 saturated carbocycles. The van der Waals surface area contributed by atoms with Crippen molar-refractivity contribution in [2.24, 2.45) is 0 Å². The average Bonchev–Trinajstić information content (AvgIpc) is 3.31. The van der Waals surface area contributed by atoms with Crippen molar-refractivity contribution < 1.29 is 56.2 Å². The van der Waals surface area contributed by atoms with Crippen molar-refractivity contribution in [3.8, 4) is 0 Å². The van der Waals surface area contributed by atoms with Crippen molar-refractivity contribution >= 4 is 16.4 Å². The number of aliphatic hydroxyl groups excluding tert-OH is 3. The first-order valence-corrected chi connectivity index (χ1v) is 27.7. The van der Waals surface area contributed by atoms with Gasteiger partial charge in [-0.25, -0.2) is 4.18 Å². The third-order valence-corrected chi connectivity index (χ3v) is 12.0. The summed E-state index contributed by atoms with van der Waals surface area (Å²) in [5.74, 6) is -0.410. The van der Waals surface area contributed by atoms with E-state index < -0.39 is 59.8 Å². The van der Waals surface area contributed by atoms with Gasteiger partial charge in [0.1, 0.15) is 30.5 Å². The molecule has 1 aliphatic rings. The average molecular weight is 979 g/mol. The lowest BCUT2D eigenvalue weighted by Crippen LogP contribution is -2.60. The number of allylic oxidation sites excluding steroid dienone is 14. The first-order valence-electron chi connectivity index (χ1n) is 26.3. The van der Waals surface area contributed by atoms with E-state index in [0.29, 0.717) is 13.0 Å². The molecule has 0 spiro atoms. The summed E-state index contributed by atoms with van der Waals surface area (Å²) in [6.07, 6.45) is 51.9. The summed E-state index contributed by atoms with van der Waals surface area (Å²) in [4.78, 5) is 12.9. The minimum Gasteiger partial charge on any atom is -0.457 e. The van der Waals surface area contributed by atoms with Crippen LogP contribution in [0.4, 0.5) is 0 Å². The summed E-state index contributed by atoms with van der Waals surface area (Å²) in [7, 11) is -5.07. The molecule has 1 aliphatic heterocycles. The number of esters is 1. The Bertz CT molecular complexity index is 1500. The van der Waals surface area contributed by atoms with Crippen LogP contribution >= 0.6 is 0 Å². The number of carbonyl (C=O) groups excluding carboxylic acids is 1. The molecule has 0 aliphatic carbocycles. The second-order valence-electron chi connectivity index (χ2n) is 17.7. The number of aliphatic hydroxyl groups is 3. The molecular formula is C55H94O12S. The molecule has 4 N–H and O–H groups in total. The van der Waals surface area contributed by atoms with Crippen LogP contribution in [0, 0.1) is 0 Å². The first-order chi connectivity index (χ1) is 33.1. The molecule has 392 valence electrons. The lowest BCUT2D eigenvalue weighted by atomic mass is 9.99. The predicted molar refractivity (Wildman–Crippen MR) is 275 cm³/mol. The molecule has 12 nitrogen and oxygen atoms in total. The standard InChI is InChI=1S/C55H94O12S/c1-3-5-7-9-11-13-15-17-19-20-21-22-23-24-25-26-27-28-29-31-33-35-37-39-41-43-45-63-47-49(48-64-55-53(59)54(67-68(60,61)62)52(58)50(46-56)66-55)65-51(57)44-42-40-38-36-34-32-30-18-16-14-12-10-8-6-4-2/h5,7,11,13,17,19,21-22,24-25,27-28,31,33,49-50,52-56,58-59H,3-4,6,8-10,12,14-16,18,20,23,26,29-30,32,34-48H2,1-2H3,(H,60,61,62)/b7-5-,13-11-,19-17-,22-21-,25-24-,28-27-,33-31-. The van der Waals surface area contributed by atoms with Gasteiger partial charge in [0.15, 0.2) is 6.29 Å². The van der Waals surface area contributed by atoms with Gasteiger partial charge in [0.2, 0.25) is 0 Å². The molecule has 1 rings (SSSR count). The molecule has 6 atom stereocenters. The van der Waals surface area contributed by atoms with Gasteiger partial charge in [-0.3, -0.25) is 9.35 Å². The molecular weight excluding hydrogens is 885 g/mol. The van der Waals surface area contributed by atoms with Crippen LogP contribution in [0.5, 0.6) is 0 Å². The monoisotopic (exact) mass is 979 g/mol. The zero-order valence-corrected chi connectivity index (χ0v) is 43.0. The molecule has 1 saturated heterocycles. The lowest BCUT2D eigenvalue weighted by Gasteiger charge is -2.41. The van der Waals surface area contributed by atoms with Gasteiger partial charge in [-0.1, -0.05) is 202 Å². The van der Waals surface area contributed by atoms with Crippen molar-refractivity contribution in [2.75, 3.05) is 26.4 Å². The normalized spacial score (nSPS) is 20.0. The molecule has 0 aromatic heterocycles. The molecule has 0 bridgehead atoms. The number of rotatable bonds is 45. The highest BCUT2D eigenvalue weighted by atomic mass is 32.3. The summed E-state index contributed by atoms with van der Waals surface area (Å²) in [5.41, 5.74) is 0. The zero-order valence-electron chi connectivity index (χ0n) is 42.1. The van der Waals surface area contributed by atoms with Crippen LogP contribution in [0.1, 0.15) is 194 Å². The fourth-order valence-corrected chi connectivity index (χ4v) is 8.10. The summed E-state index contributed by atoms with van der Waals surface area (Å²) >= 11 is 0. The lowest BCUT2D eigenvalue weighted by molar-refractivity contribution is -0.301. The van der Waals surface area contributed by atoms with Crippen LogP contribution in [0.2, 0.25) is 0 Å². The van der Waals surface area contributed by atoms with Crippen molar-refractivity contribution in [2.45, 2.75) is 230 Å². The highest BCUT2D eigenvalue weighted by Gasteiger charge is 2.48. The summed E-state index contributed by atoms with van der Waals surface area (Å²) < 4.78 is 59.2. The number of ether oxygens (including phenoxy) is 4. The van der Waals surface area contributed by atoms with E-state index in [0.717, 1.165) is 96.3 Å². The third kappa shape index (κ3) is 38.1. The Hall–Kier alpha value is -2.72. The molecule has 1 heterocycles. The molecule has 1 fully saturated rings.